The molecule has 1 atom stereocenters. The summed E-state index contributed by atoms with van der Waals surface area (Å²) < 4.78 is 10.7. The molecule has 0 bridgehead atoms. The van der Waals surface area contributed by atoms with Crippen LogP contribution in [-0.4, -0.2) is 45.6 Å². The molecule has 0 fully saturated rings. The maximum absolute atomic E-state index is 12.9. The summed E-state index contributed by atoms with van der Waals surface area (Å²) in [5.74, 6) is 1.03. The summed E-state index contributed by atoms with van der Waals surface area (Å²) in [6, 6.07) is 10.7. The van der Waals surface area contributed by atoms with Gasteiger partial charge in [0.15, 0.2) is 0 Å². The van der Waals surface area contributed by atoms with Gasteiger partial charge in [-0.05, 0) is 61.7 Å². The van der Waals surface area contributed by atoms with E-state index in [0.717, 1.165) is 28.9 Å². The van der Waals surface area contributed by atoms with Gasteiger partial charge in [0, 0.05) is 29.1 Å². The number of hydrogen-bond donors (Lipinski definition) is 4. The third-order valence-electron chi connectivity index (χ3n) is 6.62. The maximum atomic E-state index is 12.9. The van der Waals surface area contributed by atoms with Crippen LogP contribution in [0.2, 0.25) is 0 Å². The Labute approximate surface area is 237 Å². The molecule has 3 aromatic rings. The average molecular weight is 554 g/mol. The van der Waals surface area contributed by atoms with Crippen LogP contribution in [0.15, 0.2) is 98.7 Å². The summed E-state index contributed by atoms with van der Waals surface area (Å²) in [6.07, 6.45) is 9.98. The first-order valence-corrected chi connectivity index (χ1v) is 13.2. The quantitative estimate of drug-likeness (QED) is 0.205. The van der Waals surface area contributed by atoms with E-state index in [4.69, 9.17) is 9.26 Å². The molecule has 0 saturated heterocycles. The first-order valence-electron chi connectivity index (χ1n) is 13.2. The zero-order valence-corrected chi connectivity index (χ0v) is 23.0. The fourth-order valence-electron chi connectivity index (χ4n) is 4.44. The van der Waals surface area contributed by atoms with E-state index < -0.39 is 0 Å². The van der Waals surface area contributed by atoms with Crippen molar-refractivity contribution in [1.29, 1.82) is 0 Å². The third kappa shape index (κ3) is 6.19. The number of anilines is 2. The van der Waals surface area contributed by atoms with Crippen molar-refractivity contribution in [2.45, 2.75) is 39.4 Å². The number of hydrogen-bond acceptors (Lipinski definition) is 10. The molecule has 3 heterocycles. The number of methoxy groups -OCH3 is 1. The summed E-state index contributed by atoms with van der Waals surface area (Å²) >= 11 is 0. The van der Waals surface area contributed by atoms with E-state index in [0.29, 0.717) is 35.0 Å². The van der Waals surface area contributed by atoms with Gasteiger partial charge in [-0.2, -0.15) is 4.98 Å². The van der Waals surface area contributed by atoms with E-state index in [1.807, 2.05) is 38.1 Å². The largest absolute Gasteiger partial charge is 0.508 e. The zero-order chi connectivity index (χ0) is 28.8. The SMILES string of the molecule is CC/C=N\C(OC)=C(/C)C1=CC=C(O)C(C2Nc3ccc(C(=O)NCc4nc(-c5ccccn5)no4)cc3N2)=CC1. The molecule has 5 rings (SSSR count). The van der Waals surface area contributed by atoms with E-state index in [1.54, 1.807) is 49.9 Å². The fraction of sp³-hybridized carbons (Fsp3) is 0.233. The second-order valence-electron chi connectivity index (χ2n) is 9.35. The summed E-state index contributed by atoms with van der Waals surface area (Å²) in [7, 11) is 1.60. The number of carbonyl (C=O) groups is 1. The zero-order valence-electron chi connectivity index (χ0n) is 23.0. The predicted molar refractivity (Wildman–Crippen MR) is 156 cm³/mol. The minimum atomic E-state index is -0.375. The molecule has 1 aliphatic carbocycles. The molecule has 1 aliphatic heterocycles. The molecular weight excluding hydrogens is 522 g/mol. The molecule has 1 unspecified atom stereocenters. The molecule has 0 saturated carbocycles. The highest BCUT2D eigenvalue weighted by Crippen LogP contribution is 2.35. The van der Waals surface area contributed by atoms with Crippen LogP contribution in [0.25, 0.3) is 11.5 Å². The number of allylic oxidation sites excluding steroid dienone is 5. The van der Waals surface area contributed by atoms with Gasteiger partial charge in [-0.15, -0.1) is 0 Å². The van der Waals surface area contributed by atoms with Gasteiger partial charge in [-0.25, -0.2) is 4.99 Å². The first-order chi connectivity index (χ1) is 20.0. The Morgan fingerprint density at radius 3 is 2.88 bits per heavy atom. The number of aliphatic hydroxyl groups is 1. The van der Waals surface area contributed by atoms with Crippen LogP contribution < -0.4 is 16.0 Å². The monoisotopic (exact) mass is 553 g/mol. The summed E-state index contributed by atoms with van der Waals surface area (Å²) in [6.45, 7) is 4.04. The van der Waals surface area contributed by atoms with Crippen LogP contribution in [0.4, 0.5) is 11.4 Å². The normalized spacial score (nSPS) is 16.9. The molecular formula is C30H31N7O4. The number of aliphatic hydroxyl groups excluding tert-OH is 1. The molecule has 11 heteroatoms. The number of nitrogens with one attached hydrogen (secondary N) is 3. The molecule has 4 N–H and O–H groups in total. The van der Waals surface area contributed by atoms with Crippen LogP contribution >= 0.6 is 0 Å². The molecule has 2 aromatic heterocycles. The van der Waals surface area contributed by atoms with Crippen molar-refractivity contribution in [3.8, 4) is 11.5 Å². The van der Waals surface area contributed by atoms with E-state index in [-0.39, 0.29) is 30.3 Å². The summed E-state index contributed by atoms with van der Waals surface area (Å²) in [4.78, 5) is 25.7. The van der Waals surface area contributed by atoms with Gasteiger partial charge in [0.2, 0.25) is 17.6 Å². The molecule has 0 spiro atoms. The lowest BCUT2D eigenvalue weighted by Gasteiger charge is -2.16. The smallest absolute Gasteiger partial charge is 0.251 e. The number of aromatic nitrogens is 3. The number of pyridine rings is 1. The highest BCUT2D eigenvalue weighted by molar-refractivity contribution is 5.97. The number of rotatable bonds is 9. The molecule has 41 heavy (non-hydrogen) atoms. The van der Waals surface area contributed by atoms with Crippen molar-refractivity contribution >= 4 is 23.5 Å². The summed E-state index contributed by atoms with van der Waals surface area (Å²) in [5, 5.41) is 24.3. The van der Waals surface area contributed by atoms with Crippen LogP contribution in [-0.2, 0) is 11.3 Å². The Bertz CT molecular complexity index is 1590. The lowest BCUT2D eigenvalue weighted by Crippen LogP contribution is -2.25. The van der Waals surface area contributed by atoms with E-state index >= 15 is 0 Å². The topological polar surface area (TPSA) is 147 Å². The van der Waals surface area contributed by atoms with E-state index in [2.05, 4.69) is 36.1 Å². The number of aliphatic imine (C=N–C) groups is 1. The molecule has 11 nitrogen and oxygen atoms in total. The van der Waals surface area contributed by atoms with Crippen molar-refractivity contribution in [3.63, 3.8) is 0 Å². The highest BCUT2D eigenvalue weighted by Gasteiger charge is 2.27. The third-order valence-corrected chi connectivity index (χ3v) is 6.62. The molecule has 2 aliphatic rings. The fourth-order valence-corrected chi connectivity index (χ4v) is 4.44. The van der Waals surface area contributed by atoms with Gasteiger partial charge in [0.25, 0.3) is 5.91 Å². The van der Waals surface area contributed by atoms with Crippen LogP contribution in [0, 0.1) is 0 Å². The van der Waals surface area contributed by atoms with Crippen LogP contribution in [0.5, 0.6) is 0 Å². The van der Waals surface area contributed by atoms with Gasteiger partial charge < -0.3 is 30.3 Å². The minimum absolute atomic E-state index is 0.0767. The lowest BCUT2D eigenvalue weighted by atomic mass is 10.0. The Kier molecular flexibility index (Phi) is 8.23. The maximum Gasteiger partial charge on any atom is 0.251 e. The van der Waals surface area contributed by atoms with Gasteiger partial charge >= 0.3 is 0 Å². The minimum Gasteiger partial charge on any atom is -0.508 e. The van der Waals surface area contributed by atoms with Gasteiger partial charge in [-0.1, -0.05) is 30.3 Å². The number of carbonyl (C=O) groups excluding carboxylic acids is 1. The lowest BCUT2D eigenvalue weighted by molar-refractivity contribution is 0.0946. The molecule has 210 valence electrons. The molecule has 0 radical (unpaired) electrons. The number of benzene rings is 1. The van der Waals surface area contributed by atoms with Crippen molar-refractivity contribution in [1.82, 2.24) is 20.4 Å². The second kappa shape index (κ2) is 12.3. The van der Waals surface area contributed by atoms with Crippen molar-refractivity contribution in [3.05, 3.63) is 101 Å². The van der Waals surface area contributed by atoms with E-state index in [9.17, 15) is 9.90 Å². The number of fused-ring (bicyclic) bond motifs is 1. The van der Waals surface area contributed by atoms with Crippen LogP contribution in [0.1, 0.15) is 42.9 Å². The predicted octanol–water partition coefficient (Wildman–Crippen LogP) is 5.28. The second-order valence-corrected chi connectivity index (χ2v) is 9.35. The first kappa shape index (κ1) is 27.4. The molecule has 1 amide bonds. The summed E-state index contributed by atoms with van der Waals surface area (Å²) in [5.41, 5.74) is 5.20. The Balaban J connectivity index is 1.23. The standard InChI is InChI=1S/C30H31N7O4/c1-4-14-32-30(40-3)18(2)19-8-11-21(25(38)13-10-19)27-34-22-12-9-20(16-24(22)35-27)29(39)33-17-26-36-28(37-41-26)23-7-5-6-15-31-23/h5-7,9-16,27,34-35,38H,4,8,17H2,1-3H3,(H,33,39)/b30-18-,32-14-. The Morgan fingerprint density at radius 1 is 1.24 bits per heavy atom. The Morgan fingerprint density at radius 2 is 2.10 bits per heavy atom. The Hall–Kier alpha value is -5.19. The van der Waals surface area contributed by atoms with Crippen molar-refractivity contribution < 1.29 is 19.2 Å². The number of ether oxygens (including phenoxy) is 1. The highest BCUT2D eigenvalue weighted by atomic mass is 16.5. The molecule has 1 aromatic carbocycles. The average Bonchev–Trinajstić information content (AvgIpc) is 3.60. The van der Waals surface area contributed by atoms with Gasteiger partial charge in [0.1, 0.15) is 17.6 Å². The number of nitrogens with zero attached hydrogens (tertiary/aromatic N) is 4. The van der Waals surface area contributed by atoms with Gasteiger partial charge in [-0.3, -0.25) is 9.78 Å². The van der Waals surface area contributed by atoms with Crippen molar-refractivity contribution in [2.75, 3.05) is 17.7 Å². The van der Waals surface area contributed by atoms with Crippen LogP contribution in [0.3, 0.4) is 0 Å². The number of amides is 1. The van der Waals surface area contributed by atoms with Gasteiger partial charge in [0.05, 0.1) is 25.0 Å². The van der Waals surface area contributed by atoms with Crippen molar-refractivity contribution in [2.24, 2.45) is 4.99 Å². The van der Waals surface area contributed by atoms with E-state index in [1.165, 1.54) is 0 Å².